The van der Waals surface area contributed by atoms with Crippen molar-refractivity contribution in [3.63, 3.8) is 0 Å². The Morgan fingerprint density at radius 1 is 1.10 bits per heavy atom. The number of aliphatic hydroxyl groups excluding tert-OH is 1. The van der Waals surface area contributed by atoms with Crippen molar-refractivity contribution in [1.29, 1.82) is 0 Å². The lowest BCUT2D eigenvalue weighted by molar-refractivity contribution is -0.163. The Balaban J connectivity index is -0.000000392. The number of urea groups is 1. The summed E-state index contributed by atoms with van der Waals surface area (Å²) in [6, 6.07) is 7.46. The quantitative estimate of drug-likeness (QED) is 0.274. The van der Waals surface area contributed by atoms with Crippen molar-refractivity contribution < 1.29 is 29.3 Å². The van der Waals surface area contributed by atoms with E-state index in [0.717, 1.165) is 19.1 Å². The van der Waals surface area contributed by atoms with Crippen molar-refractivity contribution in [3.05, 3.63) is 54.1 Å². The largest absolute Gasteiger partial charge is 0.494 e. The monoisotopic (exact) mass is 568 g/mol. The van der Waals surface area contributed by atoms with Gasteiger partial charge in [0.15, 0.2) is 5.60 Å². The van der Waals surface area contributed by atoms with Gasteiger partial charge in [-0.05, 0) is 59.2 Å². The molecule has 1 saturated heterocycles. The minimum atomic E-state index is -1.55. The van der Waals surface area contributed by atoms with E-state index in [1.54, 1.807) is 36.9 Å². The number of ether oxygens (including phenoxy) is 2. The van der Waals surface area contributed by atoms with Crippen LogP contribution < -0.4 is 4.74 Å². The Kier molecular flexibility index (Phi) is 30.6. The van der Waals surface area contributed by atoms with Gasteiger partial charge in [-0.25, -0.2) is 9.59 Å². The van der Waals surface area contributed by atoms with Crippen LogP contribution in [0.5, 0.6) is 5.75 Å². The van der Waals surface area contributed by atoms with Gasteiger partial charge in [-0.1, -0.05) is 57.6 Å². The van der Waals surface area contributed by atoms with E-state index < -0.39 is 11.6 Å². The van der Waals surface area contributed by atoms with Gasteiger partial charge in [0.2, 0.25) is 0 Å². The van der Waals surface area contributed by atoms with Gasteiger partial charge in [0.1, 0.15) is 5.75 Å². The molecule has 1 aromatic carbocycles. The molecular weight excluding hydrogens is 508 g/mol. The molecular formula is C32H60N2O6. The number of nitrogens with zero attached hydrogens (tertiary/aromatic N) is 2. The molecule has 0 aliphatic carbocycles. The number of carbonyl (C=O) groups is 2. The summed E-state index contributed by atoms with van der Waals surface area (Å²) in [5.41, 5.74) is 0.646. The van der Waals surface area contributed by atoms with E-state index in [0.29, 0.717) is 18.9 Å². The Bertz CT molecular complexity index is 787. The fraction of sp³-hybridized carbons (Fsp3) is 0.625. The van der Waals surface area contributed by atoms with Crippen molar-refractivity contribution in [2.45, 2.75) is 93.7 Å². The minimum Gasteiger partial charge on any atom is -0.494 e. The zero-order chi connectivity index (χ0) is 32.3. The van der Waals surface area contributed by atoms with E-state index >= 15 is 0 Å². The Morgan fingerprint density at radius 3 is 1.90 bits per heavy atom. The van der Waals surface area contributed by atoms with Crippen LogP contribution in [0.2, 0.25) is 0 Å². The second kappa shape index (κ2) is 27.7. The molecule has 0 radical (unpaired) electrons. The molecule has 2 rings (SSSR count). The van der Waals surface area contributed by atoms with E-state index in [9.17, 15) is 14.7 Å². The number of esters is 1. The van der Waals surface area contributed by atoms with Gasteiger partial charge in [-0.15, -0.1) is 6.58 Å². The van der Waals surface area contributed by atoms with Gasteiger partial charge in [-0.2, -0.15) is 0 Å². The van der Waals surface area contributed by atoms with Crippen molar-refractivity contribution >= 4 is 12.0 Å². The summed E-state index contributed by atoms with van der Waals surface area (Å²) in [6.07, 6.45) is 4.76. The molecule has 1 aliphatic rings. The van der Waals surface area contributed by atoms with Crippen LogP contribution in [0.1, 0.15) is 81.2 Å². The third-order valence-electron chi connectivity index (χ3n) is 5.14. The van der Waals surface area contributed by atoms with Gasteiger partial charge in [0, 0.05) is 40.6 Å². The maximum atomic E-state index is 11.7. The zero-order valence-electron chi connectivity index (χ0n) is 27.7. The lowest BCUT2D eigenvalue weighted by Gasteiger charge is -2.21. The third kappa shape index (κ3) is 20.1. The molecule has 2 atom stereocenters. The first-order chi connectivity index (χ1) is 18.9. The highest BCUT2D eigenvalue weighted by molar-refractivity contribution is 5.79. The van der Waals surface area contributed by atoms with Gasteiger partial charge >= 0.3 is 12.0 Å². The molecule has 1 aromatic rings. The molecule has 1 heterocycles. The Morgan fingerprint density at radius 2 is 1.55 bits per heavy atom. The normalized spacial score (nSPS) is 14.3. The number of hydrogen-bond acceptors (Lipinski definition) is 6. The van der Waals surface area contributed by atoms with Crippen LogP contribution in [0.25, 0.3) is 0 Å². The van der Waals surface area contributed by atoms with Crippen molar-refractivity contribution in [2.24, 2.45) is 0 Å². The van der Waals surface area contributed by atoms with Crippen LogP contribution >= 0.6 is 0 Å². The first kappa shape index (κ1) is 44.2. The number of amides is 2. The molecule has 0 unspecified atom stereocenters. The molecule has 0 aromatic heterocycles. The molecule has 0 bridgehead atoms. The molecule has 8 nitrogen and oxygen atoms in total. The highest BCUT2D eigenvalue weighted by Crippen LogP contribution is 2.20. The van der Waals surface area contributed by atoms with E-state index in [1.165, 1.54) is 12.5 Å². The second-order valence-corrected chi connectivity index (χ2v) is 8.65. The predicted octanol–water partition coefficient (Wildman–Crippen LogP) is 6.50. The van der Waals surface area contributed by atoms with Gasteiger partial charge in [-0.3, -0.25) is 0 Å². The highest BCUT2D eigenvalue weighted by Gasteiger charge is 2.32. The maximum Gasteiger partial charge on any atom is 0.338 e. The molecule has 8 heteroatoms. The molecule has 0 spiro atoms. The summed E-state index contributed by atoms with van der Waals surface area (Å²) in [7, 11) is 4.60. The number of rotatable bonds is 8. The third-order valence-corrected chi connectivity index (χ3v) is 5.14. The van der Waals surface area contributed by atoms with Crippen LogP contribution in [-0.2, 0) is 16.0 Å². The number of allylic oxidation sites excluding steroid dienone is 3. The minimum absolute atomic E-state index is 0.0352. The number of carbonyl (C=O) groups excluding carboxylic acids is 2. The number of likely N-dealkylation sites (N-methyl/N-ethyl adjacent to an activating group) is 2. The summed E-state index contributed by atoms with van der Waals surface area (Å²) >= 11 is 0. The Hall–Kier alpha value is -2.84. The van der Waals surface area contributed by atoms with Crippen LogP contribution in [0.15, 0.2) is 48.6 Å². The average molecular weight is 569 g/mol. The van der Waals surface area contributed by atoms with Crippen molar-refractivity contribution in [3.8, 4) is 5.75 Å². The fourth-order valence-corrected chi connectivity index (χ4v) is 3.00. The molecule has 40 heavy (non-hydrogen) atoms. The summed E-state index contributed by atoms with van der Waals surface area (Å²) < 4.78 is 10.6. The summed E-state index contributed by atoms with van der Waals surface area (Å²) in [5.74, 6) is 0.0883. The molecule has 1 aliphatic heterocycles. The van der Waals surface area contributed by atoms with Crippen molar-refractivity contribution in [1.82, 2.24) is 9.80 Å². The highest BCUT2D eigenvalue weighted by atomic mass is 16.5. The molecule has 2 amide bonds. The summed E-state index contributed by atoms with van der Waals surface area (Å²) in [4.78, 5) is 26.9. The summed E-state index contributed by atoms with van der Waals surface area (Å²) in [5, 5.41) is 17.2. The van der Waals surface area contributed by atoms with Crippen molar-refractivity contribution in [2.75, 3.05) is 41.0 Å². The zero-order valence-corrected chi connectivity index (χ0v) is 27.7. The topological polar surface area (TPSA) is 99.5 Å². The second-order valence-electron chi connectivity index (χ2n) is 8.65. The van der Waals surface area contributed by atoms with Gasteiger partial charge in [0.05, 0.1) is 19.3 Å². The average Bonchev–Trinajstić information content (AvgIpc) is 3.20. The molecule has 2 N–H and O–H groups in total. The maximum absolute atomic E-state index is 11.7. The summed E-state index contributed by atoms with van der Waals surface area (Å²) in [6.45, 7) is 24.1. The van der Waals surface area contributed by atoms with Crippen LogP contribution in [-0.4, -0.2) is 84.6 Å². The molecule has 0 saturated carbocycles. The lowest BCUT2D eigenvalue weighted by atomic mass is 9.97. The molecule has 234 valence electrons. The van der Waals surface area contributed by atoms with Crippen LogP contribution in [0.3, 0.4) is 0 Å². The number of benzene rings is 1. The van der Waals surface area contributed by atoms with Crippen LogP contribution in [0, 0.1) is 0 Å². The van der Waals surface area contributed by atoms with Crippen LogP contribution in [0.4, 0.5) is 4.79 Å². The van der Waals surface area contributed by atoms with E-state index in [-0.39, 0.29) is 25.1 Å². The van der Waals surface area contributed by atoms with Gasteiger partial charge < -0.3 is 29.5 Å². The number of hydrogen-bond donors (Lipinski definition) is 2. The van der Waals surface area contributed by atoms with E-state index in [4.69, 9.17) is 14.6 Å². The van der Waals surface area contributed by atoms with E-state index in [2.05, 4.69) is 26.5 Å². The molecule has 1 fully saturated rings. The Labute approximate surface area is 245 Å². The first-order valence-electron chi connectivity index (χ1n) is 14.1. The fourth-order valence-electron chi connectivity index (χ4n) is 3.00. The smallest absolute Gasteiger partial charge is 0.338 e. The first-order valence-corrected chi connectivity index (χ1v) is 14.1. The van der Waals surface area contributed by atoms with E-state index in [1.807, 2.05) is 65.8 Å². The SMILES string of the molecule is C=CC.CC.CC.CC=C(C)C.CCOC(=O)[C@@](C)(O)Cc1ccc(OCC[C@@H]2CN(C)C(=O)N2C)cc1.CO. The standard InChI is InChI=1S/C19H28N2O5.C5H10.C3H6.2C2H6.CH4O/c1-5-25-17(22)19(2,24)12-14-6-8-16(9-7-14)26-11-10-15-13-20(3)18(23)21(15)4;1-4-5(2)3;1-3-2;3*1-2/h6-9,15,24H,5,10-13H2,1-4H3;4H,1-3H3;3H,1H2,2H3;2*1-2H3;2H,1H3/t15-,19+;;;;;/m1...../s1. The predicted molar refractivity (Wildman–Crippen MR) is 169 cm³/mol. The lowest BCUT2D eigenvalue weighted by Crippen LogP contribution is -2.39. The van der Waals surface area contributed by atoms with Gasteiger partial charge in [0.25, 0.3) is 0 Å². The number of aliphatic hydroxyl groups is 2.